The van der Waals surface area contributed by atoms with Crippen LogP contribution in [-0.2, 0) is 0 Å². The molecule has 1 aromatic rings. The SMILES string of the molecule is OCC[C@@H](O)c1ccc2c(c1)OCCO2. The van der Waals surface area contributed by atoms with E-state index in [0.29, 0.717) is 31.1 Å². The third kappa shape index (κ3) is 2.22. The van der Waals surface area contributed by atoms with Gasteiger partial charge in [-0.2, -0.15) is 0 Å². The van der Waals surface area contributed by atoms with Crippen molar-refractivity contribution in [2.45, 2.75) is 12.5 Å². The van der Waals surface area contributed by atoms with E-state index in [1.165, 1.54) is 0 Å². The molecule has 1 aromatic carbocycles. The van der Waals surface area contributed by atoms with E-state index in [2.05, 4.69) is 0 Å². The van der Waals surface area contributed by atoms with Crippen molar-refractivity contribution in [3.63, 3.8) is 0 Å². The Morgan fingerprint density at radius 3 is 2.67 bits per heavy atom. The molecule has 82 valence electrons. The van der Waals surface area contributed by atoms with Crippen molar-refractivity contribution in [3.8, 4) is 11.5 Å². The van der Waals surface area contributed by atoms with Gasteiger partial charge in [0.2, 0.25) is 0 Å². The molecule has 0 fully saturated rings. The zero-order valence-corrected chi connectivity index (χ0v) is 8.35. The molecule has 1 aliphatic heterocycles. The van der Waals surface area contributed by atoms with Crippen LogP contribution < -0.4 is 9.47 Å². The van der Waals surface area contributed by atoms with Crippen LogP contribution in [0.2, 0.25) is 0 Å². The van der Waals surface area contributed by atoms with E-state index in [1.807, 2.05) is 0 Å². The maximum absolute atomic E-state index is 9.67. The van der Waals surface area contributed by atoms with E-state index in [4.69, 9.17) is 14.6 Å². The van der Waals surface area contributed by atoms with E-state index in [9.17, 15) is 5.11 Å². The second-order valence-corrected chi connectivity index (χ2v) is 3.43. The number of rotatable bonds is 3. The second kappa shape index (κ2) is 4.51. The van der Waals surface area contributed by atoms with Crippen molar-refractivity contribution >= 4 is 0 Å². The number of aliphatic hydroxyl groups excluding tert-OH is 2. The van der Waals surface area contributed by atoms with Crippen LogP contribution in [0.25, 0.3) is 0 Å². The summed E-state index contributed by atoms with van der Waals surface area (Å²) in [6.45, 7) is 1.06. The van der Waals surface area contributed by atoms with Gasteiger partial charge in [0.15, 0.2) is 11.5 Å². The molecule has 4 nitrogen and oxygen atoms in total. The molecule has 0 amide bonds. The normalized spacial score (nSPS) is 16.1. The third-order valence-corrected chi connectivity index (χ3v) is 2.35. The maximum Gasteiger partial charge on any atom is 0.161 e. The Kier molecular flexibility index (Phi) is 3.08. The zero-order chi connectivity index (χ0) is 10.7. The smallest absolute Gasteiger partial charge is 0.161 e. The first kappa shape index (κ1) is 10.3. The fourth-order valence-electron chi connectivity index (χ4n) is 1.56. The molecule has 0 aromatic heterocycles. The molecule has 0 spiro atoms. The van der Waals surface area contributed by atoms with Gasteiger partial charge in [-0.25, -0.2) is 0 Å². The van der Waals surface area contributed by atoms with Crippen LogP contribution in [0.3, 0.4) is 0 Å². The minimum absolute atomic E-state index is 0.0321. The Balaban J connectivity index is 2.20. The molecule has 0 saturated carbocycles. The largest absolute Gasteiger partial charge is 0.486 e. The topological polar surface area (TPSA) is 58.9 Å². The molecular weight excluding hydrogens is 196 g/mol. The molecule has 0 radical (unpaired) electrons. The van der Waals surface area contributed by atoms with Crippen molar-refractivity contribution < 1.29 is 19.7 Å². The van der Waals surface area contributed by atoms with Crippen LogP contribution in [-0.4, -0.2) is 30.0 Å². The number of benzene rings is 1. The van der Waals surface area contributed by atoms with Gasteiger partial charge < -0.3 is 19.7 Å². The predicted molar refractivity (Wildman–Crippen MR) is 54.1 cm³/mol. The minimum Gasteiger partial charge on any atom is -0.486 e. The van der Waals surface area contributed by atoms with Crippen LogP contribution in [0.1, 0.15) is 18.1 Å². The molecule has 1 atom stereocenters. The van der Waals surface area contributed by atoms with Crippen LogP contribution >= 0.6 is 0 Å². The first-order chi connectivity index (χ1) is 7.31. The van der Waals surface area contributed by atoms with E-state index in [0.717, 1.165) is 5.56 Å². The summed E-state index contributed by atoms with van der Waals surface area (Å²) >= 11 is 0. The van der Waals surface area contributed by atoms with E-state index in [1.54, 1.807) is 18.2 Å². The third-order valence-electron chi connectivity index (χ3n) is 2.35. The highest BCUT2D eigenvalue weighted by atomic mass is 16.6. The van der Waals surface area contributed by atoms with Gasteiger partial charge in [0.05, 0.1) is 6.10 Å². The van der Waals surface area contributed by atoms with Gasteiger partial charge in [-0.1, -0.05) is 6.07 Å². The quantitative estimate of drug-likeness (QED) is 0.777. The summed E-state index contributed by atoms with van der Waals surface area (Å²) in [7, 11) is 0. The summed E-state index contributed by atoms with van der Waals surface area (Å²) in [5.74, 6) is 1.37. The lowest BCUT2D eigenvalue weighted by Gasteiger charge is -2.20. The Morgan fingerprint density at radius 1 is 1.20 bits per heavy atom. The summed E-state index contributed by atoms with van der Waals surface area (Å²) in [5.41, 5.74) is 0.744. The molecular formula is C11H14O4. The fraction of sp³-hybridized carbons (Fsp3) is 0.455. The molecule has 0 unspecified atom stereocenters. The number of aliphatic hydroxyl groups is 2. The highest BCUT2D eigenvalue weighted by molar-refractivity contribution is 5.44. The lowest BCUT2D eigenvalue weighted by molar-refractivity contribution is 0.132. The zero-order valence-electron chi connectivity index (χ0n) is 8.35. The molecule has 0 saturated heterocycles. The molecule has 15 heavy (non-hydrogen) atoms. The van der Waals surface area contributed by atoms with E-state index in [-0.39, 0.29) is 6.61 Å². The second-order valence-electron chi connectivity index (χ2n) is 3.43. The summed E-state index contributed by atoms with van der Waals surface area (Å²) in [6, 6.07) is 5.33. The summed E-state index contributed by atoms with van der Waals surface area (Å²) in [4.78, 5) is 0. The standard InChI is InChI=1S/C11H14O4/c12-4-3-9(13)8-1-2-10-11(7-8)15-6-5-14-10/h1-2,7,9,12-13H,3-6H2/t9-/m1/s1. The monoisotopic (exact) mass is 210 g/mol. The summed E-state index contributed by atoms with van der Waals surface area (Å²) < 4.78 is 10.8. The first-order valence-corrected chi connectivity index (χ1v) is 4.99. The van der Waals surface area contributed by atoms with Crippen LogP contribution in [0.15, 0.2) is 18.2 Å². The van der Waals surface area contributed by atoms with Gasteiger partial charge in [0.25, 0.3) is 0 Å². The molecule has 4 heteroatoms. The Labute approximate surface area is 88.1 Å². The van der Waals surface area contributed by atoms with Crippen molar-refractivity contribution in [2.24, 2.45) is 0 Å². The molecule has 1 heterocycles. The van der Waals surface area contributed by atoms with Gasteiger partial charge in [0.1, 0.15) is 13.2 Å². The van der Waals surface area contributed by atoms with Gasteiger partial charge >= 0.3 is 0 Å². The van der Waals surface area contributed by atoms with Gasteiger partial charge in [-0.15, -0.1) is 0 Å². The van der Waals surface area contributed by atoms with Crippen molar-refractivity contribution in [2.75, 3.05) is 19.8 Å². The number of ether oxygens (including phenoxy) is 2. The van der Waals surface area contributed by atoms with Crippen molar-refractivity contribution in [3.05, 3.63) is 23.8 Å². The van der Waals surface area contributed by atoms with Gasteiger partial charge in [0, 0.05) is 13.0 Å². The van der Waals surface area contributed by atoms with Crippen LogP contribution in [0.4, 0.5) is 0 Å². The number of hydrogen-bond acceptors (Lipinski definition) is 4. The Morgan fingerprint density at radius 2 is 1.93 bits per heavy atom. The minimum atomic E-state index is -0.647. The number of fused-ring (bicyclic) bond motifs is 1. The van der Waals surface area contributed by atoms with E-state index >= 15 is 0 Å². The highest BCUT2D eigenvalue weighted by Crippen LogP contribution is 2.33. The Hall–Kier alpha value is -1.26. The predicted octanol–water partition coefficient (Wildman–Crippen LogP) is 0.874. The average Bonchev–Trinajstić information content (AvgIpc) is 2.29. The van der Waals surface area contributed by atoms with Crippen LogP contribution in [0, 0.1) is 0 Å². The molecule has 2 rings (SSSR count). The molecule has 2 N–H and O–H groups in total. The van der Waals surface area contributed by atoms with Gasteiger partial charge in [-0.3, -0.25) is 0 Å². The average molecular weight is 210 g/mol. The van der Waals surface area contributed by atoms with E-state index < -0.39 is 6.10 Å². The Bertz CT molecular complexity index is 337. The first-order valence-electron chi connectivity index (χ1n) is 4.99. The number of hydrogen-bond donors (Lipinski definition) is 2. The fourth-order valence-corrected chi connectivity index (χ4v) is 1.56. The molecule has 1 aliphatic rings. The highest BCUT2D eigenvalue weighted by Gasteiger charge is 2.14. The summed E-state index contributed by atoms with van der Waals surface area (Å²) in [5, 5.41) is 18.4. The summed E-state index contributed by atoms with van der Waals surface area (Å²) in [6.07, 6.45) is -0.314. The van der Waals surface area contributed by atoms with Crippen molar-refractivity contribution in [1.82, 2.24) is 0 Å². The maximum atomic E-state index is 9.67. The lowest BCUT2D eigenvalue weighted by atomic mass is 10.1. The lowest BCUT2D eigenvalue weighted by Crippen LogP contribution is -2.15. The molecule has 0 aliphatic carbocycles. The molecule has 0 bridgehead atoms. The van der Waals surface area contributed by atoms with Crippen molar-refractivity contribution in [1.29, 1.82) is 0 Å². The van der Waals surface area contributed by atoms with Crippen LogP contribution in [0.5, 0.6) is 11.5 Å². The van der Waals surface area contributed by atoms with Gasteiger partial charge in [-0.05, 0) is 17.7 Å².